The lowest BCUT2D eigenvalue weighted by molar-refractivity contribution is -0.116. The molecule has 1 amide bonds. The summed E-state index contributed by atoms with van der Waals surface area (Å²) in [6.07, 6.45) is 0.962. The average Bonchev–Trinajstić information content (AvgIpc) is 2.49. The molecule has 1 N–H and O–H groups in total. The number of benzene rings is 1. The zero-order valence-corrected chi connectivity index (χ0v) is 14.5. The summed E-state index contributed by atoms with van der Waals surface area (Å²) in [4.78, 5) is 16.4. The molecule has 22 heavy (non-hydrogen) atoms. The van der Waals surface area contributed by atoms with Gasteiger partial charge in [0.05, 0.1) is 0 Å². The van der Waals surface area contributed by atoms with Crippen molar-refractivity contribution < 1.29 is 4.79 Å². The zero-order valence-electron chi connectivity index (χ0n) is 13.7. The molecule has 0 bridgehead atoms. The van der Waals surface area contributed by atoms with E-state index in [1.54, 1.807) is 6.92 Å². The van der Waals surface area contributed by atoms with Crippen molar-refractivity contribution in [2.75, 3.05) is 31.1 Å². The van der Waals surface area contributed by atoms with Crippen molar-refractivity contribution >= 4 is 23.2 Å². The molecule has 4 nitrogen and oxygen atoms in total. The van der Waals surface area contributed by atoms with E-state index in [4.69, 9.17) is 11.6 Å². The fourth-order valence-corrected chi connectivity index (χ4v) is 3.06. The highest BCUT2D eigenvalue weighted by Gasteiger charge is 2.18. The number of hydrogen-bond donors (Lipinski definition) is 1. The molecule has 0 aromatic heterocycles. The molecule has 122 valence electrons. The van der Waals surface area contributed by atoms with Gasteiger partial charge in [0, 0.05) is 56.4 Å². The summed E-state index contributed by atoms with van der Waals surface area (Å²) in [5, 5.41) is 4.15. The minimum Gasteiger partial charge on any atom is -0.312 e. The topological polar surface area (TPSA) is 35.6 Å². The standard InChI is InChI=1S/C17H26ClN3O/c1-13(2)20-8-4-9-21(14(3)22)17-11-16(18)6-5-15(17)12-19-7-10-20/h5-6,11,13,19H,4,7-10,12H2,1-3H3. The summed E-state index contributed by atoms with van der Waals surface area (Å²) in [6, 6.07) is 6.32. The van der Waals surface area contributed by atoms with Crippen molar-refractivity contribution in [1.29, 1.82) is 0 Å². The van der Waals surface area contributed by atoms with E-state index < -0.39 is 0 Å². The van der Waals surface area contributed by atoms with Gasteiger partial charge in [-0.15, -0.1) is 0 Å². The quantitative estimate of drug-likeness (QED) is 0.863. The van der Waals surface area contributed by atoms with E-state index in [1.165, 1.54) is 0 Å². The lowest BCUT2D eigenvalue weighted by atomic mass is 10.1. The van der Waals surface area contributed by atoms with Crippen molar-refractivity contribution in [2.24, 2.45) is 0 Å². The third kappa shape index (κ3) is 4.45. The molecule has 1 aliphatic rings. The monoisotopic (exact) mass is 323 g/mol. The Morgan fingerprint density at radius 2 is 2.05 bits per heavy atom. The van der Waals surface area contributed by atoms with Crippen LogP contribution in [0.3, 0.4) is 0 Å². The smallest absolute Gasteiger partial charge is 0.223 e. The molecule has 1 heterocycles. The molecule has 0 spiro atoms. The van der Waals surface area contributed by atoms with Gasteiger partial charge in [0.2, 0.25) is 5.91 Å². The third-order valence-electron chi connectivity index (χ3n) is 4.17. The molecule has 0 saturated heterocycles. The highest BCUT2D eigenvalue weighted by Crippen LogP contribution is 2.26. The predicted molar refractivity (Wildman–Crippen MR) is 92.5 cm³/mol. The Morgan fingerprint density at radius 3 is 2.73 bits per heavy atom. The molecule has 1 aliphatic heterocycles. The van der Waals surface area contributed by atoms with Gasteiger partial charge >= 0.3 is 0 Å². The summed E-state index contributed by atoms with van der Waals surface area (Å²) in [5.74, 6) is 0.0684. The summed E-state index contributed by atoms with van der Waals surface area (Å²) >= 11 is 6.14. The minimum absolute atomic E-state index is 0.0684. The van der Waals surface area contributed by atoms with Crippen LogP contribution in [-0.4, -0.2) is 43.0 Å². The fraction of sp³-hybridized carbons (Fsp3) is 0.588. The molecule has 1 aromatic carbocycles. The highest BCUT2D eigenvalue weighted by atomic mass is 35.5. The molecule has 0 unspecified atom stereocenters. The van der Waals surface area contributed by atoms with Crippen molar-refractivity contribution in [1.82, 2.24) is 10.2 Å². The number of nitrogens with one attached hydrogen (secondary N) is 1. The molecule has 0 atom stereocenters. The van der Waals surface area contributed by atoms with Crippen LogP contribution in [0.5, 0.6) is 0 Å². The van der Waals surface area contributed by atoms with Crippen LogP contribution in [0.25, 0.3) is 0 Å². The van der Waals surface area contributed by atoms with Crippen LogP contribution >= 0.6 is 11.6 Å². The van der Waals surface area contributed by atoms with Gasteiger partial charge in [0.1, 0.15) is 0 Å². The molecule has 0 radical (unpaired) electrons. The van der Waals surface area contributed by atoms with Gasteiger partial charge < -0.3 is 10.2 Å². The Bertz CT molecular complexity index is 519. The number of hydrogen-bond acceptors (Lipinski definition) is 3. The van der Waals surface area contributed by atoms with Gasteiger partial charge in [-0.1, -0.05) is 17.7 Å². The normalized spacial score (nSPS) is 18.0. The summed E-state index contributed by atoms with van der Waals surface area (Å²) in [7, 11) is 0. The van der Waals surface area contributed by atoms with Gasteiger partial charge in [0.25, 0.3) is 0 Å². The Morgan fingerprint density at radius 1 is 1.27 bits per heavy atom. The van der Waals surface area contributed by atoms with Crippen molar-refractivity contribution in [3.8, 4) is 0 Å². The maximum absolute atomic E-state index is 12.1. The van der Waals surface area contributed by atoms with E-state index in [1.807, 2.05) is 23.1 Å². The first-order valence-electron chi connectivity index (χ1n) is 8.00. The molecule has 1 aromatic rings. The van der Waals surface area contributed by atoms with Crippen molar-refractivity contribution in [2.45, 2.75) is 39.8 Å². The number of fused-ring (bicyclic) bond motifs is 1. The maximum atomic E-state index is 12.1. The second-order valence-corrected chi connectivity index (χ2v) is 6.54. The molecular formula is C17H26ClN3O. The van der Waals surface area contributed by atoms with Gasteiger partial charge in [0.15, 0.2) is 0 Å². The van der Waals surface area contributed by atoms with Gasteiger partial charge in [-0.2, -0.15) is 0 Å². The van der Waals surface area contributed by atoms with Crippen LogP contribution in [0, 0.1) is 0 Å². The van der Waals surface area contributed by atoms with E-state index in [9.17, 15) is 4.79 Å². The average molecular weight is 324 g/mol. The molecule has 2 rings (SSSR count). The first-order valence-corrected chi connectivity index (χ1v) is 8.38. The number of amides is 1. The van der Waals surface area contributed by atoms with Crippen LogP contribution in [-0.2, 0) is 11.3 Å². The minimum atomic E-state index is 0.0684. The Hall–Kier alpha value is -1.10. The number of halogens is 1. The van der Waals surface area contributed by atoms with Crippen LogP contribution in [0.2, 0.25) is 5.02 Å². The Labute approximate surface area is 138 Å². The van der Waals surface area contributed by atoms with Crippen molar-refractivity contribution in [3.05, 3.63) is 28.8 Å². The van der Waals surface area contributed by atoms with Gasteiger partial charge in [-0.3, -0.25) is 9.69 Å². The zero-order chi connectivity index (χ0) is 16.1. The molecular weight excluding hydrogens is 298 g/mol. The fourth-order valence-electron chi connectivity index (χ4n) is 2.89. The highest BCUT2D eigenvalue weighted by molar-refractivity contribution is 6.31. The van der Waals surface area contributed by atoms with Crippen LogP contribution in [0.4, 0.5) is 5.69 Å². The first-order chi connectivity index (χ1) is 10.5. The van der Waals surface area contributed by atoms with Crippen LogP contribution in [0.15, 0.2) is 18.2 Å². The summed E-state index contributed by atoms with van der Waals surface area (Å²) < 4.78 is 0. The number of carbonyl (C=O) groups is 1. The predicted octanol–water partition coefficient (Wildman–Crippen LogP) is 2.90. The second-order valence-electron chi connectivity index (χ2n) is 6.10. The van der Waals surface area contributed by atoms with E-state index in [-0.39, 0.29) is 5.91 Å². The Balaban J connectivity index is 2.26. The Kier molecular flexibility index (Phi) is 6.24. The summed E-state index contributed by atoms with van der Waals surface area (Å²) in [5.41, 5.74) is 2.06. The lowest BCUT2D eigenvalue weighted by Gasteiger charge is -2.27. The molecule has 0 aliphatic carbocycles. The number of rotatable bonds is 1. The lowest BCUT2D eigenvalue weighted by Crippen LogP contribution is -2.38. The van der Waals surface area contributed by atoms with Gasteiger partial charge in [-0.05, 0) is 38.0 Å². The van der Waals surface area contributed by atoms with Crippen LogP contribution in [0.1, 0.15) is 32.8 Å². The van der Waals surface area contributed by atoms with E-state index >= 15 is 0 Å². The van der Waals surface area contributed by atoms with E-state index in [0.29, 0.717) is 11.1 Å². The SMILES string of the molecule is CC(=O)N1CCCN(C(C)C)CCNCc2ccc(Cl)cc21. The number of nitrogens with zero attached hydrogens (tertiary/aromatic N) is 2. The molecule has 0 saturated carbocycles. The largest absolute Gasteiger partial charge is 0.312 e. The number of carbonyl (C=O) groups excluding carboxylic acids is 1. The van der Waals surface area contributed by atoms with Crippen LogP contribution < -0.4 is 10.2 Å². The van der Waals surface area contributed by atoms with E-state index in [0.717, 1.165) is 50.4 Å². The number of anilines is 1. The summed E-state index contributed by atoms with van der Waals surface area (Å²) in [6.45, 7) is 10.5. The maximum Gasteiger partial charge on any atom is 0.223 e. The van der Waals surface area contributed by atoms with Gasteiger partial charge in [-0.25, -0.2) is 0 Å². The van der Waals surface area contributed by atoms with E-state index in [2.05, 4.69) is 24.1 Å². The molecule has 0 fully saturated rings. The molecule has 5 heteroatoms. The van der Waals surface area contributed by atoms with Crippen molar-refractivity contribution in [3.63, 3.8) is 0 Å². The third-order valence-corrected chi connectivity index (χ3v) is 4.40. The first kappa shape index (κ1) is 17.3. The second kappa shape index (κ2) is 7.95.